The highest BCUT2D eigenvalue weighted by Crippen LogP contribution is 2.34. The molecule has 3 nitrogen and oxygen atoms in total. The standard InChI is InChI=1S/C18H29FO3/c1-4-5-6-7-8-9-10-17(18(20,21-2)22-3)15-11-13-16(19)14-12-15/h11-14,17,20H,4-10H2,1-3H3. The van der Waals surface area contributed by atoms with Gasteiger partial charge in [-0.3, -0.25) is 0 Å². The largest absolute Gasteiger partial charge is 0.343 e. The Morgan fingerprint density at radius 2 is 1.55 bits per heavy atom. The summed E-state index contributed by atoms with van der Waals surface area (Å²) in [6, 6.07) is 6.16. The number of benzene rings is 1. The first kappa shape index (κ1) is 19.1. The van der Waals surface area contributed by atoms with Crippen LogP contribution < -0.4 is 0 Å². The predicted molar refractivity (Wildman–Crippen MR) is 86.1 cm³/mol. The molecule has 1 aromatic rings. The van der Waals surface area contributed by atoms with Gasteiger partial charge in [0.15, 0.2) is 0 Å². The summed E-state index contributed by atoms with van der Waals surface area (Å²) < 4.78 is 23.4. The van der Waals surface area contributed by atoms with Gasteiger partial charge in [-0.05, 0) is 24.1 Å². The normalized spacial score (nSPS) is 13.3. The molecule has 0 aliphatic heterocycles. The summed E-state index contributed by atoms with van der Waals surface area (Å²) in [5, 5.41) is 10.5. The van der Waals surface area contributed by atoms with Crippen molar-refractivity contribution in [3.63, 3.8) is 0 Å². The minimum absolute atomic E-state index is 0.291. The van der Waals surface area contributed by atoms with Gasteiger partial charge in [0.05, 0.1) is 5.92 Å². The van der Waals surface area contributed by atoms with E-state index in [1.54, 1.807) is 12.1 Å². The van der Waals surface area contributed by atoms with Gasteiger partial charge < -0.3 is 14.6 Å². The molecule has 126 valence electrons. The quantitative estimate of drug-likeness (QED) is 0.479. The van der Waals surface area contributed by atoms with Gasteiger partial charge in [0.25, 0.3) is 5.97 Å². The Kier molecular flexibility index (Phi) is 8.61. The van der Waals surface area contributed by atoms with Crippen molar-refractivity contribution in [2.45, 2.75) is 63.8 Å². The molecule has 0 heterocycles. The zero-order valence-corrected chi connectivity index (χ0v) is 14.0. The molecule has 1 N–H and O–H groups in total. The summed E-state index contributed by atoms with van der Waals surface area (Å²) >= 11 is 0. The molecule has 1 unspecified atom stereocenters. The molecule has 0 radical (unpaired) electrons. The summed E-state index contributed by atoms with van der Waals surface area (Å²) in [4.78, 5) is 0. The van der Waals surface area contributed by atoms with Crippen molar-refractivity contribution in [1.29, 1.82) is 0 Å². The van der Waals surface area contributed by atoms with E-state index >= 15 is 0 Å². The molecule has 0 aromatic heterocycles. The molecular weight excluding hydrogens is 283 g/mol. The zero-order valence-electron chi connectivity index (χ0n) is 14.0. The fraction of sp³-hybridized carbons (Fsp3) is 0.667. The van der Waals surface area contributed by atoms with Crippen LogP contribution >= 0.6 is 0 Å². The lowest BCUT2D eigenvalue weighted by Crippen LogP contribution is -2.40. The van der Waals surface area contributed by atoms with Crippen LogP contribution in [0.4, 0.5) is 4.39 Å². The Hall–Kier alpha value is -0.970. The molecular formula is C18H29FO3. The van der Waals surface area contributed by atoms with E-state index in [0.29, 0.717) is 0 Å². The average molecular weight is 312 g/mol. The molecule has 0 bridgehead atoms. The number of halogens is 1. The van der Waals surface area contributed by atoms with Crippen molar-refractivity contribution in [1.82, 2.24) is 0 Å². The third-order valence-corrected chi connectivity index (χ3v) is 4.14. The lowest BCUT2D eigenvalue weighted by molar-refractivity contribution is -0.353. The molecule has 0 amide bonds. The van der Waals surface area contributed by atoms with Gasteiger partial charge in [-0.1, -0.05) is 57.6 Å². The van der Waals surface area contributed by atoms with E-state index in [4.69, 9.17) is 9.47 Å². The van der Waals surface area contributed by atoms with Crippen LogP contribution in [0.3, 0.4) is 0 Å². The van der Waals surface area contributed by atoms with Crippen LogP contribution in [0.25, 0.3) is 0 Å². The maximum atomic E-state index is 13.1. The first-order valence-corrected chi connectivity index (χ1v) is 8.15. The monoisotopic (exact) mass is 312 g/mol. The minimum Gasteiger partial charge on any atom is -0.343 e. The SMILES string of the molecule is CCCCCCCCC(c1ccc(F)cc1)C(O)(OC)OC. The van der Waals surface area contributed by atoms with Crippen LogP contribution in [-0.4, -0.2) is 25.3 Å². The van der Waals surface area contributed by atoms with E-state index in [2.05, 4.69) is 6.92 Å². The number of unbranched alkanes of at least 4 members (excludes halogenated alkanes) is 5. The summed E-state index contributed by atoms with van der Waals surface area (Å²) in [5.74, 6) is -2.31. The van der Waals surface area contributed by atoms with E-state index in [1.807, 2.05) is 0 Å². The Morgan fingerprint density at radius 3 is 2.09 bits per heavy atom. The van der Waals surface area contributed by atoms with Crippen molar-refractivity contribution in [2.75, 3.05) is 14.2 Å². The molecule has 0 aliphatic carbocycles. The summed E-state index contributed by atoms with van der Waals surface area (Å²) in [6.07, 6.45) is 7.75. The Balaban J connectivity index is 2.69. The fourth-order valence-electron chi connectivity index (χ4n) is 2.75. The Labute approximate surface area is 133 Å². The first-order valence-electron chi connectivity index (χ1n) is 8.15. The number of methoxy groups -OCH3 is 2. The molecule has 0 spiro atoms. The van der Waals surface area contributed by atoms with E-state index in [9.17, 15) is 9.50 Å². The fourth-order valence-corrected chi connectivity index (χ4v) is 2.75. The van der Waals surface area contributed by atoms with E-state index < -0.39 is 5.97 Å². The van der Waals surface area contributed by atoms with Crippen molar-refractivity contribution in [2.24, 2.45) is 0 Å². The van der Waals surface area contributed by atoms with Crippen molar-refractivity contribution in [3.8, 4) is 0 Å². The van der Waals surface area contributed by atoms with Gasteiger partial charge in [-0.15, -0.1) is 0 Å². The molecule has 0 saturated carbocycles. The van der Waals surface area contributed by atoms with Gasteiger partial charge in [0.2, 0.25) is 0 Å². The van der Waals surface area contributed by atoms with Crippen LogP contribution in [0, 0.1) is 5.82 Å². The van der Waals surface area contributed by atoms with Crippen molar-refractivity contribution >= 4 is 0 Å². The van der Waals surface area contributed by atoms with Gasteiger partial charge >= 0.3 is 0 Å². The zero-order chi connectivity index (χ0) is 16.4. The second kappa shape index (κ2) is 9.93. The van der Waals surface area contributed by atoms with Crippen LogP contribution in [0.15, 0.2) is 24.3 Å². The van der Waals surface area contributed by atoms with E-state index in [-0.39, 0.29) is 11.7 Å². The number of hydrogen-bond acceptors (Lipinski definition) is 3. The van der Waals surface area contributed by atoms with Gasteiger partial charge in [0, 0.05) is 14.2 Å². The molecule has 0 fully saturated rings. The molecule has 1 rings (SSSR count). The Bertz CT molecular complexity index is 401. The number of ether oxygens (including phenoxy) is 2. The lowest BCUT2D eigenvalue weighted by atomic mass is 9.90. The average Bonchev–Trinajstić information content (AvgIpc) is 2.55. The van der Waals surface area contributed by atoms with Crippen LogP contribution in [-0.2, 0) is 9.47 Å². The second-order valence-electron chi connectivity index (χ2n) is 5.70. The summed E-state index contributed by atoms with van der Waals surface area (Å²) in [5.41, 5.74) is 0.821. The van der Waals surface area contributed by atoms with Crippen LogP contribution in [0.2, 0.25) is 0 Å². The highest BCUT2D eigenvalue weighted by molar-refractivity contribution is 5.22. The first-order chi connectivity index (χ1) is 10.6. The molecule has 0 saturated heterocycles. The van der Waals surface area contributed by atoms with E-state index in [0.717, 1.165) is 24.8 Å². The number of hydrogen-bond donors (Lipinski definition) is 1. The van der Waals surface area contributed by atoms with Gasteiger partial charge in [-0.2, -0.15) is 0 Å². The molecule has 4 heteroatoms. The third-order valence-electron chi connectivity index (χ3n) is 4.14. The highest BCUT2D eigenvalue weighted by Gasteiger charge is 2.38. The predicted octanol–water partition coefficient (Wildman–Crippen LogP) is 4.60. The number of rotatable bonds is 11. The highest BCUT2D eigenvalue weighted by atomic mass is 19.1. The molecule has 1 aromatic carbocycles. The van der Waals surface area contributed by atoms with Gasteiger partial charge in [-0.25, -0.2) is 4.39 Å². The number of aliphatic hydroxyl groups is 1. The second-order valence-corrected chi connectivity index (χ2v) is 5.70. The van der Waals surface area contributed by atoms with Crippen LogP contribution in [0.5, 0.6) is 0 Å². The van der Waals surface area contributed by atoms with Gasteiger partial charge in [0.1, 0.15) is 5.82 Å². The minimum atomic E-state index is -1.68. The Morgan fingerprint density at radius 1 is 1.00 bits per heavy atom. The third kappa shape index (κ3) is 5.67. The topological polar surface area (TPSA) is 38.7 Å². The van der Waals surface area contributed by atoms with Crippen molar-refractivity contribution in [3.05, 3.63) is 35.6 Å². The molecule has 22 heavy (non-hydrogen) atoms. The molecule has 0 aliphatic rings. The maximum Gasteiger partial charge on any atom is 0.287 e. The van der Waals surface area contributed by atoms with E-state index in [1.165, 1.54) is 52.0 Å². The lowest BCUT2D eigenvalue weighted by Gasteiger charge is -2.33. The molecule has 1 atom stereocenters. The van der Waals surface area contributed by atoms with Crippen molar-refractivity contribution < 1.29 is 19.0 Å². The summed E-state index contributed by atoms with van der Waals surface area (Å²) in [7, 11) is 2.84. The van der Waals surface area contributed by atoms with Crippen LogP contribution in [0.1, 0.15) is 63.4 Å². The maximum absolute atomic E-state index is 13.1. The smallest absolute Gasteiger partial charge is 0.287 e. The summed E-state index contributed by atoms with van der Waals surface area (Å²) in [6.45, 7) is 2.20.